The largest absolute Gasteiger partial charge is 0.352 e. The monoisotopic (exact) mass is 338 g/mol. The molecule has 0 aromatic carbocycles. The van der Waals surface area contributed by atoms with Gasteiger partial charge in [0.2, 0.25) is 5.91 Å². The molecular formula is C9H11BrN2O3S2. The molecule has 1 saturated carbocycles. The van der Waals surface area contributed by atoms with E-state index in [0.717, 1.165) is 24.2 Å². The van der Waals surface area contributed by atoms with Gasteiger partial charge in [-0.15, -0.1) is 11.3 Å². The lowest BCUT2D eigenvalue weighted by Gasteiger charge is -2.05. The first-order chi connectivity index (χ1) is 7.99. The number of rotatable bonds is 5. The fraction of sp³-hybridized carbons (Fsp3) is 0.444. The summed E-state index contributed by atoms with van der Waals surface area (Å²) in [6.45, 7) is -0.219. The average Bonchev–Trinajstić information content (AvgIpc) is 2.95. The van der Waals surface area contributed by atoms with E-state index in [0.29, 0.717) is 4.47 Å². The standard InChI is InChI=1S/C9H11BrN2O3S2/c10-7-3-4-16-9(7)17(14,15)11-5-8(13)12-6-1-2-6/h3-4,6,11H,1-2,5H2,(H,12,13). The molecule has 0 atom stereocenters. The van der Waals surface area contributed by atoms with Crippen LogP contribution in [-0.4, -0.2) is 26.9 Å². The van der Waals surface area contributed by atoms with Gasteiger partial charge in [0.15, 0.2) is 0 Å². The van der Waals surface area contributed by atoms with Gasteiger partial charge in [-0.25, -0.2) is 13.1 Å². The zero-order valence-electron chi connectivity index (χ0n) is 8.77. The smallest absolute Gasteiger partial charge is 0.251 e. The third kappa shape index (κ3) is 3.51. The summed E-state index contributed by atoms with van der Waals surface area (Å²) >= 11 is 4.26. The van der Waals surface area contributed by atoms with Crippen molar-refractivity contribution in [2.75, 3.05) is 6.54 Å². The van der Waals surface area contributed by atoms with Crippen LogP contribution in [-0.2, 0) is 14.8 Å². The first-order valence-corrected chi connectivity index (χ1v) is 8.16. The van der Waals surface area contributed by atoms with Crippen molar-refractivity contribution < 1.29 is 13.2 Å². The molecule has 0 saturated heterocycles. The minimum Gasteiger partial charge on any atom is -0.352 e. The third-order valence-electron chi connectivity index (χ3n) is 2.19. The van der Waals surface area contributed by atoms with Gasteiger partial charge in [-0.2, -0.15) is 0 Å². The van der Waals surface area contributed by atoms with E-state index < -0.39 is 10.0 Å². The highest BCUT2D eigenvalue weighted by Crippen LogP contribution is 2.27. The van der Waals surface area contributed by atoms with Crippen LogP contribution in [0.15, 0.2) is 20.1 Å². The van der Waals surface area contributed by atoms with Crippen molar-refractivity contribution in [1.82, 2.24) is 10.0 Å². The quantitative estimate of drug-likeness (QED) is 0.843. The Morgan fingerprint density at radius 1 is 1.53 bits per heavy atom. The number of carbonyl (C=O) groups excluding carboxylic acids is 1. The maximum atomic E-state index is 11.8. The molecule has 17 heavy (non-hydrogen) atoms. The Hall–Kier alpha value is -0.440. The molecule has 1 fully saturated rings. The minimum absolute atomic E-state index is 0.191. The van der Waals surface area contributed by atoms with Crippen molar-refractivity contribution >= 4 is 43.2 Å². The summed E-state index contributed by atoms with van der Waals surface area (Å²) in [5.41, 5.74) is 0. The van der Waals surface area contributed by atoms with E-state index in [9.17, 15) is 13.2 Å². The lowest BCUT2D eigenvalue weighted by Crippen LogP contribution is -2.37. The van der Waals surface area contributed by atoms with Gasteiger partial charge in [-0.3, -0.25) is 4.79 Å². The van der Waals surface area contributed by atoms with Crippen LogP contribution in [0.1, 0.15) is 12.8 Å². The van der Waals surface area contributed by atoms with Crippen LogP contribution in [0.25, 0.3) is 0 Å². The summed E-state index contributed by atoms with van der Waals surface area (Å²) in [6.07, 6.45) is 1.96. The van der Waals surface area contributed by atoms with Gasteiger partial charge >= 0.3 is 0 Å². The van der Waals surface area contributed by atoms with Crippen LogP contribution in [0.2, 0.25) is 0 Å². The summed E-state index contributed by atoms with van der Waals surface area (Å²) in [7, 11) is -3.60. The molecule has 2 N–H and O–H groups in total. The van der Waals surface area contributed by atoms with Gasteiger partial charge in [-0.05, 0) is 40.2 Å². The summed E-state index contributed by atoms with van der Waals surface area (Å²) in [5.74, 6) is -0.288. The molecule has 5 nitrogen and oxygen atoms in total. The van der Waals surface area contributed by atoms with Crippen molar-refractivity contribution in [1.29, 1.82) is 0 Å². The van der Waals surface area contributed by atoms with E-state index >= 15 is 0 Å². The van der Waals surface area contributed by atoms with Gasteiger partial charge in [0.05, 0.1) is 6.54 Å². The number of amides is 1. The first kappa shape index (κ1) is 13.0. The summed E-state index contributed by atoms with van der Waals surface area (Å²) in [6, 6.07) is 1.89. The highest BCUT2D eigenvalue weighted by atomic mass is 79.9. The van der Waals surface area contributed by atoms with E-state index in [1.807, 2.05) is 0 Å². The summed E-state index contributed by atoms with van der Waals surface area (Å²) in [4.78, 5) is 11.3. The van der Waals surface area contributed by atoms with Crippen LogP contribution >= 0.6 is 27.3 Å². The molecule has 1 aromatic rings. The molecule has 0 unspecified atom stereocenters. The Labute approximate surface area is 112 Å². The molecular weight excluding hydrogens is 328 g/mol. The number of thiophene rings is 1. The number of hydrogen-bond acceptors (Lipinski definition) is 4. The molecule has 1 amide bonds. The molecule has 94 valence electrons. The molecule has 1 heterocycles. The molecule has 1 aliphatic rings. The lowest BCUT2D eigenvalue weighted by molar-refractivity contribution is -0.120. The van der Waals surface area contributed by atoms with E-state index in [2.05, 4.69) is 26.0 Å². The minimum atomic E-state index is -3.60. The van der Waals surface area contributed by atoms with Gasteiger partial charge in [0.25, 0.3) is 10.0 Å². The van der Waals surface area contributed by atoms with E-state index in [4.69, 9.17) is 0 Å². The lowest BCUT2D eigenvalue weighted by atomic mass is 10.5. The zero-order chi connectivity index (χ0) is 12.5. The molecule has 2 rings (SSSR count). The third-order valence-corrected chi connectivity index (χ3v) is 6.26. The Morgan fingerprint density at radius 3 is 2.76 bits per heavy atom. The highest BCUT2D eigenvalue weighted by molar-refractivity contribution is 9.10. The summed E-state index contributed by atoms with van der Waals surface area (Å²) in [5, 5.41) is 4.38. The van der Waals surface area contributed by atoms with Crippen molar-refractivity contribution in [2.24, 2.45) is 0 Å². The second kappa shape index (κ2) is 5.05. The Balaban J connectivity index is 1.93. The van der Waals surface area contributed by atoms with E-state index in [-0.39, 0.29) is 22.7 Å². The molecule has 1 aliphatic carbocycles. The highest BCUT2D eigenvalue weighted by Gasteiger charge is 2.25. The molecule has 8 heteroatoms. The number of carbonyl (C=O) groups is 1. The van der Waals surface area contributed by atoms with Crippen molar-refractivity contribution in [2.45, 2.75) is 23.1 Å². The number of hydrogen-bond donors (Lipinski definition) is 2. The predicted octanol–water partition coefficient (Wildman–Crippen LogP) is 1.07. The molecule has 1 aromatic heterocycles. The number of halogens is 1. The normalized spacial score (nSPS) is 15.8. The number of nitrogens with one attached hydrogen (secondary N) is 2. The fourth-order valence-electron chi connectivity index (χ4n) is 1.20. The fourth-order valence-corrected chi connectivity index (χ4v) is 4.57. The van der Waals surface area contributed by atoms with Crippen LogP contribution in [0.3, 0.4) is 0 Å². The topological polar surface area (TPSA) is 75.3 Å². The predicted molar refractivity (Wildman–Crippen MR) is 68.4 cm³/mol. The maximum absolute atomic E-state index is 11.8. The van der Waals surface area contributed by atoms with Crippen LogP contribution < -0.4 is 10.0 Å². The Kier molecular flexibility index (Phi) is 3.86. The molecule has 0 radical (unpaired) electrons. The Morgan fingerprint density at radius 2 is 2.24 bits per heavy atom. The van der Waals surface area contributed by atoms with Gasteiger partial charge in [-0.1, -0.05) is 0 Å². The van der Waals surface area contributed by atoms with Gasteiger partial charge < -0.3 is 5.32 Å². The van der Waals surface area contributed by atoms with Crippen LogP contribution in [0, 0.1) is 0 Å². The second-order valence-electron chi connectivity index (χ2n) is 3.72. The molecule has 0 spiro atoms. The Bertz CT molecular complexity index is 522. The molecule has 0 aliphatic heterocycles. The van der Waals surface area contributed by atoms with E-state index in [1.54, 1.807) is 11.4 Å². The summed E-state index contributed by atoms with van der Waals surface area (Å²) < 4.78 is 26.6. The maximum Gasteiger partial charge on any atom is 0.251 e. The van der Waals surface area contributed by atoms with Crippen LogP contribution in [0.4, 0.5) is 0 Å². The van der Waals surface area contributed by atoms with Crippen LogP contribution in [0.5, 0.6) is 0 Å². The first-order valence-electron chi connectivity index (χ1n) is 5.01. The SMILES string of the molecule is O=C(CNS(=O)(=O)c1sccc1Br)NC1CC1. The number of sulfonamides is 1. The second-order valence-corrected chi connectivity index (χ2v) is 7.46. The van der Waals surface area contributed by atoms with Crippen molar-refractivity contribution in [3.05, 3.63) is 15.9 Å². The zero-order valence-corrected chi connectivity index (χ0v) is 12.0. The van der Waals surface area contributed by atoms with Crippen molar-refractivity contribution in [3.8, 4) is 0 Å². The van der Waals surface area contributed by atoms with Gasteiger partial charge in [0, 0.05) is 10.5 Å². The van der Waals surface area contributed by atoms with E-state index in [1.165, 1.54) is 0 Å². The van der Waals surface area contributed by atoms with Crippen molar-refractivity contribution in [3.63, 3.8) is 0 Å². The van der Waals surface area contributed by atoms with Gasteiger partial charge in [0.1, 0.15) is 4.21 Å². The molecule has 0 bridgehead atoms. The average molecular weight is 339 g/mol.